The van der Waals surface area contributed by atoms with Crippen LogP contribution in [0.15, 0.2) is 48.5 Å². The molecule has 0 radical (unpaired) electrons. The molecule has 0 saturated carbocycles. The largest absolute Gasteiger partial charge is 0.497 e. The maximum absolute atomic E-state index is 13.2. The van der Waals surface area contributed by atoms with E-state index in [4.69, 9.17) is 9.47 Å². The highest BCUT2D eigenvalue weighted by Gasteiger charge is 2.41. The fraction of sp³-hybridized carbons (Fsp3) is 0.458. The number of benzene rings is 2. The summed E-state index contributed by atoms with van der Waals surface area (Å²) in [6, 6.07) is 16.8. The number of amides is 1. The molecule has 30 heavy (non-hydrogen) atoms. The van der Waals surface area contributed by atoms with Gasteiger partial charge in [0.25, 0.3) is 0 Å². The van der Waals surface area contributed by atoms with Crippen LogP contribution >= 0.6 is 0 Å². The van der Waals surface area contributed by atoms with Crippen molar-refractivity contribution in [3.8, 4) is 5.75 Å². The summed E-state index contributed by atoms with van der Waals surface area (Å²) in [4.78, 5) is 18.0. The number of carbonyl (C=O) groups is 1. The molecule has 4 rings (SSSR count). The van der Waals surface area contributed by atoms with E-state index in [1.54, 1.807) is 14.2 Å². The molecule has 2 aromatic carbocycles. The molecule has 2 atom stereocenters. The van der Waals surface area contributed by atoms with Crippen molar-refractivity contribution in [2.75, 3.05) is 56.8 Å². The number of piperazine rings is 1. The minimum Gasteiger partial charge on any atom is -0.497 e. The van der Waals surface area contributed by atoms with Gasteiger partial charge in [0.2, 0.25) is 5.91 Å². The van der Waals surface area contributed by atoms with Gasteiger partial charge in [-0.2, -0.15) is 0 Å². The SMILES string of the molecule is COCCCNC(=O)[C@@H]1Cc2ccc(OC)cc2N2CCN(c3ccccc3)C[C@H]12. The second-order valence-electron chi connectivity index (χ2n) is 7.98. The smallest absolute Gasteiger partial charge is 0.225 e. The number of carbonyl (C=O) groups excluding carboxylic acids is 1. The average Bonchev–Trinajstić information content (AvgIpc) is 2.81. The van der Waals surface area contributed by atoms with Crippen LogP contribution in [-0.4, -0.2) is 59.0 Å². The summed E-state index contributed by atoms with van der Waals surface area (Å²) in [5.41, 5.74) is 3.64. The van der Waals surface area contributed by atoms with Gasteiger partial charge in [-0.1, -0.05) is 24.3 Å². The number of fused-ring (bicyclic) bond motifs is 3. The maximum Gasteiger partial charge on any atom is 0.225 e. The molecular weight excluding hydrogens is 378 g/mol. The van der Waals surface area contributed by atoms with E-state index >= 15 is 0 Å². The first kappa shape index (κ1) is 20.5. The van der Waals surface area contributed by atoms with E-state index in [9.17, 15) is 4.79 Å². The summed E-state index contributed by atoms with van der Waals surface area (Å²) >= 11 is 0. The third-order valence-corrected chi connectivity index (χ3v) is 6.21. The van der Waals surface area contributed by atoms with Crippen molar-refractivity contribution in [3.63, 3.8) is 0 Å². The zero-order valence-electron chi connectivity index (χ0n) is 17.8. The summed E-state index contributed by atoms with van der Waals surface area (Å²) in [6.07, 6.45) is 1.58. The quantitative estimate of drug-likeness (QED) is 0.713. The fourth-order valence-electron chi connectivity index (χ4n) is 4.64. The fourth-order valence-corrected chi connectivity index (χ4v) is 4.64. The number of anilines is 2. The van der Waals surface area contributed by atoms with Gasteiger partial charge >= 0.3 is 0 Å². The first-order valence-electron chi connectivity index (χ1n) is 10.7. The Morgan fingerprint density at radius 2 is 1.97 bits per heavy atom. The zero-order valence-corrected chi connectivity index (χ0v) is 17.8. The van der Waals surface area contributed by atoms with Crippen LogP contribution in [0.3, 0.4) is 0 Å². The third kappa shape index (κ3) is 4.24. The highest BCUT2D eigenvalue weighted by Crippen LogP contribution is 2.38. The molecule has 0 unspecified atom stereocenters. The Bertz CT molecular complexity index is 858. The Morgan fingerprint density at radius 3 is 2.73 bits per heavy atom. The van der Waals surface area contributed by atoms with E-state index in [-0.39, 0.29) is 17.9 Å². The molecule has 1 N–H and O–H groups in total. The van der Waals surface area contributed by atoms with Gasteiger partial charge in [0, 0.05) is 57.3 Å². The molecule has 1 amide bonds. The van der Waals surface area contributed by atoms with E-state index in [0.29, 0.717) is 13.2 Å². The van der Waals surface area contributed by atoms with Crippen LogP contribution in [0.1, 0.15) is 12.0 Å². The molecule has 0 bridgehead atoms. The van der Waals surface area contributed by atoms with Crippen LogP contribution in [0.2, 0.25) is 0 Å². The third-order valence-electron chi connectivity index (χ3n) is 6.21. The predicted octanol–water partition coefficient (Wildman–Crippen LogP) is 2.72. The average molecular weight is 410 g/mol. The number of rotatable bonds is 7. The number of nitrogens with one attached hydrogen (secondary N) is 1. The van der Waals surface area contributed by atoms with Crippen molar-refractivity contribution in [2.24, 2.45) is 5.92 Å². The van der Waals surface area contributed by atoms with Crippen molar-refractivity contribution in [1.29, 1.82) is 0 Å². The Kier molecular flexibility index (Phi) is 6.43. The van der Waals surface area contributed by atoms with E-state index in [1.807, 2.05) is 12.1 Å². The Labute approximate surface area is 178 Å². The van der Waals surface area contributed by atoms with Crippen LogP contribution in [0.5, 0.6) is 5.75 Å². The van der Waals surface area contributed by atoms with E-state index in [0.717, 1.165) is 38.2 Å². The number of ether oxygens (including phenoxy) is 2. The molecule has 160 valence electrons. The van der Waals surface area contributed by atoms with Gasteiger partial charge in [0.05, 0.1) is 19.1 Å². The van der Waals surface area contributed by atoms with Crippen molar-refractivity contribution >= 4 is 17.3 Å². The molecule has 0 aliphatic carbocycles. The normalized spacial score (nSPS) is 20.3. The highest BCUT2D eigenvalue weighted by atomic mass is 16.5. The molecular formula is C24H31N3O3. The predicted molar refractivity (Wildman–Crippen MR) is 119 cm³/mol. The van der Waals surface area contributed by atoms with Crippen molar-refractivity contribution in [1.82, 2.24) is 5.32 Å². The summed E-state index contributed by atoms with van der Waals surface area (Å²) < 4.78 is 10.6. The van der Waals surface area contributed by atoms with Gasteiger partial charge in [-0.3, -0.25) is 4.79 Å². The number of hydrogen-bond donors (Lipinski definition) is 1. The number of methoxy groups -OCH3 is 2. The first-order chi connectivity index (χ1) is 14.7. The van der Waals surface area contributed by atoms with E-state index < -0.39 is 0 Å². The first-order valence-corrected chi connectivity index (χ1v) is 10.7. The van der Waals surface area contributed by atoms with Gasteiger partial charge in [-0.15, -0.1) is 0 Å². The second-order valence-corrected chi connectivity index (χ2v) is 7.98. The Balaban J connectivity index is 1.59. The summed E-state index contributed by atoms with van der Waals surface area (Å²) in [7, 11) is 3.39. The zero-order chi connectivity index (χ0) is 20.9. The molecule has 1 saturated heterocycles. The lowest BCUT2D eigenvalue weighted by Crippen LogP contribution is -2.61. The number of para-hydroxylation sites is 1. The lowest BCUT2D eigenvalue weighted by Gasteiger charge is -2.49. The van der Waals surface area contributed by atoms with Crippen molar-refractivity contribution in [2.45, 2.75) is 18.9 Å². The minimum atomic E-state index is -0.0834. The van der Waals surface area contributed by atoms with Crippen molar-refractivity contribution in [3.05, 3.63) is 54.1 Å². The Morgan fingerprint density at radius 1 is 1.13 bits per heavy atom. The highest BCUT2D eigenvalue weighted by molar-refractivity contribution is 5.82. The van der Waals surface area contributed by atoms with Crippen LogP contribution in [-0.2, 0) is 16.0 Å². The van der Waals surface area contributed by atoms with Crippen molar-refractivity contribution < 1.29 is 14.3 Å². The summed E-state index contributed by atoms with van der Waals surface area (Å²) in [5, 5.41) is 3.14. The Hall–Kier alpha value is -2.73. The molecule has 2 aliphatic rings. The maximum atomic E-state index is 13.2. The topological polar surface area (TPSA) is 54.0 Å². The standard InChI is InChI=1S/C24H31N3O3/c1-29-14-6-11-25-24(28)21-15-18-9-10-20(30-2)16-22(18)27-13-12-26(17-23(21)27)19-7-4-3-5-8-19/h3-5,7-10,16,21,23H,6,11-15,17H2,1-2H3,(H,25,28)/t21-,23-/m1/s1. The number of nitrogens with zero attached hydrogens (tertiary/aromatic N) is 2. The van der Waals surface area contributed by atoms with Crippen LogP contribution in [0.25, 0.3) is 0 Å². The van der Waals surface area contributed by atoms with Gasteiger partial charge < -0.3 is 24.6 Å². The van der Waals surface area contributed by atoms with Crippen LogP contribution in [0, 0.1) is 5.92 Å². The second kappa shape index (κ2) is 9.39. The molecule has 2 aliphatic heterocycles. The molecule has 0 aromatic heterocycles. The molecule has 6 heteroatoms. The minimum absolute atomic E-state index is 0.0834. The van der Waals surface area contributed by atoms with Gasteiger partial charge in [-0.05, 0) is 36.6 Å². The van der Waals surface area contributed by atoms with E-state index in [2.05, 4.69) is 51.5 Å². The molecule has 6 nitrogen and oxygen atoms in total. The molecule has 2 heterocycles. The van der Waals surface area contributed by atoms with Gasteiger partial charge in [-0.25, -0.2) is 0 Å². The monoisotopic (exact) mass is 409 g/mol. The van der Waals surface area contributed by atoms with Gasteiger partial charge in [0.1, 0.15) is 5.75 Å². The van der Waals surface area contributed by atoms with E-state index in [1.165, 1.54) is 16.9 Å². The summed E-state index contributed by atoms with van der Waals surface area (Å²) in [6.45, 7) is 3.95. The number of hydrogen-bond acceptors (Lipinski definition) is 5. The molecule has 2 aromatic rings. The molecule has 0 spiro atoms. The summed E-state index contributed by atoms with van der Waals surface area (Å²) in [5.74, 6) is 0.915. The van der Waals surface area contributed by atoms with Gasteiger partial charge in [0.15, 0.2) is 0 Å². The molecule has 1 fully saturated rings. The lowest BCUT2D eigenvalue weighted by molar-refractivity contribution is -0.125. The van der Waals surface area contributed by atoms with Crippen LogP contribution < -0.4 is 19.9 Å². The van der Waals surface area contributed by atoms with Crippen LogP contribution in [0.4, 0.5) is 11.4 Å². The lowest BCUT2D eigenvalue weighted by atomic mass is 9.83.